The van der Waals surface area contributed by atoms with Gasteiger partial charge in [0.1, 0.15) is 0 Å². The van der Waals surface area contributed by atoms with E-state index >= 15 is 0 Å². The standard InChI is InChI=1S/C9H18N2O3S.Na/c1-8(2,3)15-5-9(4,6(12)13)11-7(10)14;/h5H2,1-4H3,(H,12,13)(H3,10,11,14);/q;+1/p-1. The Balaban J connectivity index is 0. The first-order valence-electron chi connectivity index (χ1n) is 4.50. The minimum atomic E-state index is -1.43. The van der Waals surface area contributed by atoms with Crippen LogP contribution in [0.15, 0.2) is 0 Å². The monoisotopic (exact) mass is 256 g/mol. The molecule has 0 aliphatic heterocycles. The summed E-state index contributed by atoms with van der Waals surface area (Å²) in [4.78, 5) is 21.5. The molecule has 0 saturated carbocycles. The molecule has 0 rings (SSSR count). The molecule has 0 spiro atoms. The van der Waals surface area contributed by atoms with E-state index in [1.54, 1.807) is 0 Å². The van der Waals surface area contributed by atoms with E-state index in [9.17, 15) is 14.7 Å². The van der Waals surface area contributed by atoms with Crippen molar-refractivity contribution < 1.29 is 44.3 Å². The Hall–Kier alpha value is 0.0900. The zero-order valence-corrected chi connectivity index (χ0v) is 13.2. The molecule has 0 aromatic carbocycles. The fourth-order valence-electron chi connectivity index (χ4n) is 0.779. The number of nitrogens with one attached hydrogen (secondary N) is 1. The summed E-state index contributed by atoms with van der Waals surface area (Å²) in [5.41, 5.74) is 3.48. The third-order valence-corrected chi connectivity index (χ3v) is 3.23. The van der Waals surface area contributed by atoms with Crippen LogP contribution in [0.25, 0.3) is 0 Å². The van der Waals surface area contributed by atoms with E-state index in [4.69, 9.17) is 5.73 Å². The molecule has 0 aliphatic rings. The van der Waals surface area contributed by atoms with Crippen LogP contribution in [0.5, 0.6) is 0 Å². The minimum Gasteiger partial charge on any atom is -0.548 e. The molecule has 88 valence electrons. The molecule has 0 aliphatic carbocycles. The number of carbonyl (C=O) groups is 2. The maximum Gasteiger partial charge on any atom is 1.00 e. The van der Waals surface area contributed by atoms with Crippen molar-refractivity contribution in [1.29, 1.82) is 0 Å². The largest absolute Gasteiger partial charge is 1.00 e. The molecule has 0 aromatic heterocycles. The molecule has 1 atom stereocenters. The van der Waals surface area contributed by atoms with Gasteiger partial charge in [0.25, 0.3) is 0 Å². The number of nitrogens with two attached hydrogens (primary N) is 1. The van der Waals surface area contributed by atoms with Crippen LogP contribution >= 0.6 is 11.8 Å². The number of thioether (sulfide) groups is 1. The van der Waals surface area contributed by atoms with Crippen molar-refractivity contribution in [2.75, 3.05) is 5.75 Å². The average Bonchev–Trinajstić information content (AvgIpc) is 1.98. The molecule has 0 saturated heterocycles. The molecule has 1 unspecified atom stereocenters. The molecule has 7 heteroatoms. The first-order chi connectivity index (χ1) is 6.57. The van der Waals surface area contributed by atoms with Gasteiger partial charge in [-0.25, -0.2) is 4.79 Å². The molecule has 16 heavy (non-hydrogen) atoms. The summed E-state index contributed by atoms with van der Waals surface area (Å²) >= 11 is 1.42. The molecule has 0 heterocycles. The first-order valence-corrected chi connectivity index (χ1v) is 5.48. The summed E-state index contributed by atoms with van der Waals surface area (Å²) in [5.74, 6) is -1.13. The van der Waals surface area contributed by atoms with Gasteiger partial charge in [-0.2, -0.15) is 11.8 Å². The number of primary amides is 1. The summed E-state index contributed by atoms with van der Waals surface area (Å²) in [6.07, 6.45) is 0. The van der Waals surface area contributed by atoms with Crippen LogP contribution in [0.2, 0.25) is 0 Å². The minimum absolute atomic E-state index is 0. The Morgan fingerprint density at radius 2 is 1.75 bits per heavy atom. The van der Waals surface area contributed by atoms with Crippen molar-refractivity contribution in [2.24, 2.45) is 5.73 Å². The summed E-state index contributed by atoms with van der Waals surface area (Å²) in [6.45, 7) is 7.25. The SMILES string of the molecule is CC(C)(C)SCC(C)(NC(N)=O)C(=O)[O-].[Na+]. The van der Waals surface area contributed by atoms with Crippen LogP contribution in [0.1, 0.15) is 27.7 Å². The van der Waals surface area contributed by atoms with Gasteiger partial charge in [-0.3, -0.25) is 0 Å². The van der Waals surface area contributed by atoms with Crippen LogP contribution in [-0.2, 0) is 4.79 Å². The number of hydrogen-bond acceptors (Lipinski definition) is 4. The molecule has 2 amide bonds. The Labute approximate surface area is 122 Å². The maximum atomic E-state index is 10.9. The smallest absolute Gasteiger partial charge is 0.548 e. The summed E-state index contributed by atoms with van der Waals surface area (Å²) in [7, 11) is 0. The van der Waals surface area contributed by atoms with Crippen LogP contribution in [0.3, 0.4) is 0 Å². The molecular weight excluding hydrogens is 239 g/mol. The van der Waals surface area contributed by atoms with Gasteiger partial charge in [0, 0.05) is 10.5 Å². The molecule has 0 aromatic rings. The summed E-state index contributed by atoms with van der Waals surface area (Å²) in [6, 6.07) is -0.865. The van der Waals surface area contributed by atoms with Gasteiger partial charge in [0.05, 0.1) is 11.5 Å². The number of hydrogen-bond donors (Lipinski definition) is 2. The summed E-state index contributed by atoms with van der Waals surface area (Å²) in [5, 5.41) is 13.1. The fourth-order valence-corrected chi connectivity index (χ4v) is 1.69. The van der Waals surface area contributed by atoms with Gasteiger partial charge in [-0.15, -0.1) is 0 Å². The van der Waals surface area contributed by atoms with Crippen molar-refractivity contribution in [3.05, 3.63) is 0 Å². The predicted molar refractivity (Wildman–Crippen MR) is 58.3 cm³/mol. The third-order valence-electron chi connectivity index (χ3n) is 1.64. The number of amides is 2. The fraction of sp³-hybridized carbons (Fsp3) is 0.778. The van der Waals surface area contributed by atoms with Crippen molar-refractivity contribution >= 4 is 23.8 Å². The third kappa shape index (κ3) is 7.38. The average molecular weight is 256 g/mol. The van der Waals surface area contributed by atoms with Gasteiger partial charge < -0.3 is 21.0 Å². The number of rotatable bonds is 4. The second kappa shape index (κ2) is 6.74. The molecule has 0 fully saturated rings. The van der Waals surface area contributed by atoms with E-state index in [2.05, 4.69) is 5.32 Å². The Bertz CT molecular complexity index is 268. The Kier molecular flexibility index (Phi) is 7.77. The normalized spacial score (nSPS) is 14.5. The number of carbonyl (C=O) groups excluding carboxylic acids is 2. The number of urea groups is 1. The van der Waals surface area contributed by atoms with E-state index in [1.165, 1.54) is 18.7 Å². The van der Waals surface area contributed by atoms with Gasteiger partial charge in [-0.05, 0) is 6.92 Å². The van der Waals surface area contributed by atoms with Crippen molar-refractivity contribution in [2.45, 2.75) is 38.0 Å². The van der Waals surface area contributed by atoms with Crippen LogP contribution in [0.4, 0.5) is 4.79 Å². The molecule has 0 radical (unpaired) electrons. The van der Waals surface area contributed by atoms with Gasteiger partial charge >= 0.3 is 35.6 Å². The van der Waals surface area contributed by atoms with Gasteiger partial charge in [0.15, 0.2) is 0 Å². The first kappa shape index (κ1) is 18.5. The van der Waals surface area contributed by atoms with Crippen molar-refractivity contribution in [3.8, 4) is 0 Å². The molecular formula is C9H17N2NaO3S. The molecule has 5 nitrogen and oxygen atoms in total. The van der Waals surface area contributed by atoms with E-state index in [1.807, 2.05) is 20.8 Å². The second-order valence-electron chi connectivity index (χ2n) is 4.51. The quantitative estimate of drug-likeness (QED) is 0.515. The number of carboxylic acids is 1. The number of carboxylic acid groups (broad SMARTS) is 1. The van der Waals surface area contributed by atoms with E-state index in [0.717, 1.165) is 0 Å². The molecule has 3 N–H and O–H groups in total. The topological polar surface area (TPSA) is 95.2 Å². The van der Waals surface area contributed by atoms with E-state index < -0.39 is 17.5 Å². The van der Waals surface area contributed by atoms with Crippen LogP contribution in [-0.4, -0.2) is 28.0 Å². The van der Waals surface area contributed by atoms with E-state index in [-0.39, 0.29) is 40.1 Å². The zero-order valence-electron chi connectivity index (χ0n) is 10.4. The van der Waals surface area contributed by atoms with Gasteiger partial charge in [0.2, 0.25) is 0 Å². The van der Waals surface area contributed by atoms with Crippen molar-refractivity contribution in [1.82, 2.24) is 5.32 Å². The Morgan fingerprint density at radius 1 is 1.31 bits per heavy atom. The van der Waals surface area contributed by atoms with Crippen LogP contribution < -0.4 is 45.7 Å². The van der Waals surface area contributed by atoms with E-state index in [0.29, 0.717) is 0 Å². The zero-order chi connectivity index (χ0) is 12.3. The molecule has 0 bridgehead atoms. The van der Waals surface area contributed by atoms with Crippen molar-refractivity contribution in [3.63, 3.8) is 0 Å². The predicted octanol–water partition coefficient (Wildman–Crippen LogP) is -3.30. The second-order valence-corrected chi connectivity index (χ2v) is 6.31. The van der Waals surface area contributed by atoms with Gasteiger partial charge in [-0.1, -0.05) is 20.8 Å². The summed E-state index contributed by atoms with van der Waals surface area (Å²) < 4.78 is -0.0873. The maximum absolute atomic E-state index is 10.9. The number of aliphatic carboxylic acids is 1. The Morgan fingerprint density at radius 3 is 2.00 bits per heavy atom. The van der Waals surface area contributed by atoms with Crippen LogP contribution in [0, 0.1) is 0 Å².